The molecule has 0 saturated heterocycles. The smallest absolute Gasteiger partial charge is 0.204 e. The monoisotopic (exact) mass is 719 g/mol. The van der Waals surface area contributed by atoms with E-state index < -0.39 is 6.29 Å². The van der Waals surface area contributed by atoms with Crippen molar-refractivity contribution in [3.8, 4) is 27.9 Å². The van der Waals surface area contributed by atoms with Crippen LogP contribution in [0.1, 0.15) is 35.1 Å². The second kappa shape index (κ2) is 13.3. The van der Waals surface area contributed by atoms with E-state index in [4.69, 9.17) is 9.98 Å². The molecule has 266 valence electrons. The number of rotatable bonds is 6. The summed E-state index contributed by atoms with van der Waals surface area (Å²) in [6, 6.07) is 62.4. The topological polar surface area (TPSA) is 46.6 Å². The molecular weight excluding hydrogens is 683 g/mol. The maximum atomic E-state index is 5.47. The molecule has 1 atom stereocenters. The number of hydrogen-bond acceptors (Lipinski definition) is 3. The van der Waals surface area contributed by atoms with Gasteiger partial charge in [0.25, 0.3) is 0 Å². The second-order valence-corrected chi connectivity index (χ2v) is 14.5. The highest BCUT2D eigenvalue weighted by Gasteiger charge is 2.28. The van der Waals surface area contributed by atoms with Crippen LogP contribution in [0.5, 0.6) is 0 Å². The first-order valence-electron chi connectivity index (χ1n) is 19.3. The predicted molar refractivity (Wildman–Crippen MR) is 233 cm³/mol. The lowest BCUT2D eigenvalue weighted by molar-refractivity contribution is 0.516. The van der Waals surface area contributed by atoms with Gasteiger partial charge in [-0.05, 0) is 89.2 Å². The number of allylic oxidation sites excluding steroid dienone is 1. The molecule has 0 bridgehead atoms. The Morgan fingerprint density at radius 2 is 1.12 bits per heavy atom. The number of benzene rings is 7. The molecule has 1 aliphatic carbocycles. The van der Waals surface area contributed by atoms with E-state index in [2.05, 4.69) is 203 Å². The van der Waals surface area contributed by atoms with Gasteiger partial charge in [0, 0.05) is 38.7 Å². The molecule has 0 amide bonds. The third kappa shape index (κ3) is 5.31. The summed E-state index contributed by atoms with van der Waals surface area (Å²) in [6.07, 6.45) is 6.18. The van der Waals surface area contributed by atoms with Crippen LogP contribution in [0.15, 0.2) is 192 Å². The summed E-state index contributed by atoms with van der Waals surface area (Å²) in [7, 11) is 0. The largest absolute Gasteiger partial charge is 0.331 e. The molecule has 1 aliphatic heterocycles. The van der Waals surface area contributed by atoms with Crippen LogP contribution in [0.25, 0.3) is 66.7 Å². The molecule has 0 spiro atoms. The summed E-state index contributed by atoms with van der Waals surface area (Å²) in [6.45, 7) is 0. The quantitative estimate of drug-likeness (QED) is 0.183. The van der Waals surface area contributed by atoms with Gasteiger partial charge in [-0.3, -0.25) is 0 Å². The number of aryl methyl sites for hydroxylation is 1. The lowest BCUT2D eigenvalue weighted by Gasteiger charge is -2.26. The van der Waals surface area contributed by atoms with E-state index in [0.29, 0.717) is 5.84 Å². The molecule has 0 fully saturated rings. The summed E-state index contributed by atoms with van der Waals surface area (Å²) in [4.78, 5) is 10.8. The molecule has 3 heterocycles. The highest BCUT2D eigenvalue weighted by Crippen LogP contribution is 2.43. The fourth-order valence-corrected chi connectivity index (χ4v) is 8.72. The van der Waals surface area contributed by atoms with Gasteiger partial charge in [-0.2, -0.15) is 0 Å². The van der Waals surface area contributed by atoms with Crippen molar-refractivity contribution in [1.82, 2.24) is 14.5 Å². The van der Waals surface area contributed by atoms with Gasteiger partial charge >= 0.3 is 0 Å². The van der Waals surface area contributed by atoms with Crippen LogP contribution < -0.4 is 5.32 Å². The molecule has 0 saturated carbocycles. The molecule has 7 aromatic carbocycles. The highest BCUT2D eigenvalue weighted by molar-refractivity contribution is 6.22. The lowest BCUT2D eigenvalue weighted by atomic mass is 9.98. The van der Waals surface area contributed by atoms with Gasteiger partial charge in [-0.15, -0.1) is 0 Å². The summed E-state index contributed by atoms with van der Waals surface area (Å²) >= 11 is 0. The minimum Gasteiger partial charge on any atom is -0.331 e. The van der Waals surface area contributed by atoms with E-state index in [1.165, 1.54) is 44.2 Å². The van der Waals surface area contributed by atoms with Gasteiger partial charge in [-0.1, -0.05) is 140 Å². The predicted octanol–water partition coefficient (Wildman–Crippen LogP) is 12.0. The van der Waals surface area contributed by atoms with E-state index in [9.17, 15) is 0 Å². The van der Waals surface area contributed by atoms with Crippen molar-refractivity contribution in [3.63, 3.8) is 0 Å². The summed E-state index contributed by atoms with van der Waals surface area (Å²) < 4.78 is 4.82. The van der Waals surface area contributed by atoms with Crippen LogP contribution in [-0.4, -0.2) is 20.8 Å². The number of aromatic nitrogens is 2. The third-order valence-corrected chi connectivity index (χ3v) is 11.2. The van der Waals surface area contributed by atoms with Crippen LogP contribution in [0.2, 0.25) is 0 Å². The maximum Gasteiger partial charge on any atom is 0.204 e. The van der Waals surface area contributed by atoms with Crippen molar-refractivity contribution in [1.29, 1.82) is 0 Å². The second-order valence-electron chi connectivity index (χ2n) is 14.5. The molecule has 5 heteroatoms. The highest BCUT2D eigenvalue weighted by atomic mass is 15.3. The average molecular weight is 720 g/mol. The van der Waals surface area contributed by atoms with Gasteiger partial charge < -0.3 is 14.5 Å². The van der Waals surface area contributed by atoms with E-state index in [1.54, 1.807) is 0 Å². The molecule has 9 aromatic rings. The number of amidine groups is 2. The summed E-state index contributed by atoms with van der Waals surface area (Å²) in [5.74, 6) is 1.48. The first kappa shape index (κ1) is 32.2. The molecule has 5 nitrogen and oxygen atoms in total. The Labute approximate surface area is 325 Å². The summed E-state index contributed by atoms with van der Waals surface area (Å²) in [5, 5.41) is 7.63. The van der Waals surface area contributed by atoms with Gasteiger partial charge in [0.1, 0.15) is 5.84 Å². The van der Waals surface area contributed by atoms with Crippen LogP contribution in [0.3, 0.4) is 0 Å². The van der Waals surface area contributed by atoms with E-state index >= 15 is 0 Å². The Morgan fingerprint density at radius 3 is 1.88 bits per heavy atom. The molecule has 2 aromatic heterocycles. The van der Waals surface area contributed by atoms with Crippen molar-refractivity contribution < 1.29 is 0 Å². The number of para-hydroxylation sites is 2. The Kier molecular flexibility index (Phi) is 7.62. The fraction of sp³-hybridized carbons (Fsp3) is 0.0588. The van der Waals surface area contributed by atoms with Crippen LogP contribution in [0.4, 0.5) is 0 Å². The Balaban J connectivity index is 1.14. The molecule has 1 N–H and O–H groups in total. The van der Waals surface area contributed by atoms with Crippen molar-refractivity contribution >= 4 is 50.5 Å². The zero-order valence-corrected chi connectivity index (χ0v) is 30.7. The fourth-order valence-electron chi connectivity index (χ4n) is 8.72. The Morgan fingerprint density at radius 1 is 0.518 bits per heavy atom. The van der Waals surface area contributed by atoms with Crippen LogP contribution >= 0.6 is 0 Å². The first-order chi connectivity index (χ1) is 27.8. The van der Waals surface area contributed by atoms with Gasteiger partial charge in [0.2, 0.25) is 6.29 Å². The first-order valence-corrected chi connectivity index (χ1v) is 19.3. The van der Waals surface area contributed by atoms with Gasteiger partial charge in [0.15, 0.2) is 5.84 Å². The SMILES string of the molecule is C1=Cc2c(c3c4c5ccccc5n(C5N=C(c6cccc(-c7ccccc7)c6)N=C(c6cccc(-c7ccccc7)c6)N5)c4ccc3n2-c2ccccc2)CC1. The van der Waals surface area contributed by atoms with Crippen molar-refractivity contribution in [2.45, 2.75) is 19.1 Å². The maximum absolute atomic E-state index is 5.47. The minimum atomic E-state index is -0.468. The zero-order chi connectivity index (χ0) is 37.0. The normalized spacial score (nSPS) is 15.1. The Hall–Kier alpha value is -7.24. The van der Waals surface area contributed by atoms with Crippen molar-refractivity contribution in [2.75, 3.05) is 0 Å². The third-order valence-electron chi connectivity index (χ3n) is 11.2. The number of aliphatic imine (C=N–C) groups is 2. The standard InChI is InChI=1S/C51H37N5/c1-4-16-34(17-5-1)36-20-14-22-38(32-36)49-52-50(39-23-15-21-37(33-39)35-18-6-2-7-19-35)54-51(53-49)56-44-29-13-11-27-42(44)48-46(56)31-30-45-47(48)41-26-10-12-28-43(41)55(45)40-24-8-3-9-25-40/h1-9,11-25,27-33,51H,10,26H2,(H,52,53,54). The lowest BCUT2D eigenvalue weighted by Crippen LogP contribution is -2.36. The van der Waals surface area contributed by atoms with E-state index in [0.717, 1.165) is 57.5 Å². The number of nitrogens with zero attached hydrogens (tertiary/aromatic N) is 4. The Bertz CT molecular complexity index is 3040. The molecule has 1 unspecified atom stereocenters. The van der Waals surface area contributed by atoms with Crippen molar-refractivity contribution in [3.05, 3.63) is 204 Å². The van der Waals surface area contributed by atoms with E-state index in [-0.39, 0.29) is 0 Å². The molecule has 0 radical (unpaired) electrons. The number of nitrogens with one attached hydrogen (secondary N) is 1. The molecule has 2 aliphatic rings. The van der Waals surface area contributed by atoms with Crippen LogP contribution in [-0.2, 0) is 6.42 Å². The minimum absolute atomic E-state index is 0.468. The van der Waals surface area contributed by atoms with E-state index in [1.807, 2.05) is 0 Å². The van der Waals surface area contributed by atoms with Gasteiger partial charge in [-0.25, -0.2) is 9.98 Å². The molecule has 11 rings (SSSR count). The molecule has 56 heavy (non-hydrogen) atoms. The van der Waals surface area contributed by atoms with Gasteiger partial charge in [0.05, 0.1) is 16.6 Å². The molecular formula is C51H37N5. The van der Waals surface area contributed by atoms with Crippen LogP contribution in [0, 0.1) is 0 Å². The average Bonchev–Trinajstić information content (AvgIpc) is 3.80. The zero-order valence-electron chi connectivity index (χ0n) is 30.7. The summed E-state index contributed by atoms with van der Waals surface area (Å²) in [5.41, 5.74) is 13.9. The number of fused-ring (bicyclic) bond motifs is 7. The number of hydrogen-bond donors (Lipinski definition) is 1. The van der Waals surface area contributed by atoms with Crippen molar-refractivity contribution in [2.24, 2.45) is 9.98 Å².